The molecule has 1 saturated heterocycles. The van der Waals surface area contributed by atoms with Gasteiger partial charge in [-0.05, 0) is 48.9 Å². The molecular weight excluding hydrogens is 396 g/mol. The van der Waals surface area contributed by atoms with Crippen molar-refractivity contribution >= 4 is 23.1 Å². The van der Waals surface area contributed by atoms with E-state index in [1.54, 1.807) is 54.9 Å². The highest BCUT2D eigenvalue weighted by molar-refractivity contribution is 6.51. The number of aliphatic hydroxyl groups is 1. The van der Waals surface area contributed by atoms with Crippen molar-refractivity contribution in [1.82, 2.24) is 4.98 Å². The zero-order chi connectivity index (χ0) is 21.5. The first kappa shape index (κ1) is 18.9. The van der Waals surface area contributed by atoms with Crippen LogP contribution in [-0.4, -0.2) is 28.6 Å². The number of amides is 1. The van der Waals surface area contributed by atoms with Crippen LogP contribution in [0.4, 0.5) is 5.69 Å². The number of anilines is 1. The largest absolute Gasteiger partial charge is 0.507 e. The zero-order valence-corrected chi connectivity index (χ0v) is 16.6. The van der Waals surface area contributed by atoms with Crippen LogP contribution in [0.2, 0.25) is 0 Å². The maximum absolute atomic E-state index is 13.1. The summed E-state index contributed by atoms with van der Waals surface area (Å²) in [7, 11) is 0. The van der Waals surface area contributed by atoms with E-state index in [-0.39, 0.29) is 18.1 Å². The third-order valence-corrected chi connectivity index (χ3v) is 5.40. The molecule has 1 atom stereocenters. The van der Waals surface area contributed by atoms with Crippen molar-refractivity contribution in [2.45, 2.75) is 13.0 Å². The molecule has 154 valence electrons. The highest BCUT2D eigenvalue weighted by Crippen LogP contribution is 2.43. The number of carbonyl (C=O) groups excluding carboxylic acids is 2. The summed E-state index contributed by atoms with van der Waals surface area (Å²) >= 11 is 0. The van der Waals surface area contributed by atoms with Crippen molar-refractivity contribution in [2.24, 2.45) is 0 Å². The maximum Gasteiger partial charge on any atom is 0.300 e. The van der Waals surface area contributed by atoms with E-state index in [1.807, 2.05) is 19.1 Å². The minimum absolute atomic E-state index is 0.00237. The minimum Gasteiger partial charge on any atom is -0.507 e. The molecule has 31 heavy (non-hydrogen) atoms. The summed E-state index contributed by atoms with van der Waals surface area (Å²) in [5.74, 6) is -0.722. The topological polar surface area (TPSA) is 89.0 Å². The van der Waals surface area contributed by atoms with Crippen LogP contribution in [0.1, 0.15) is 22.7 Å². The summed E-state index contributed by atoms with van der Waals surface area (Å²) in [5, 5.41) is 11.1. The van der Waals surface area contributed by atoms with Crippen molar-refractivity contribution in [3.8, 4) is 11.5 Å². The lowest BCUT2D eigenvalue weighted by Gasteiger charge is -2.25. The standard InChI is InChI=1S/C24H18N2O5/c1-14-4-7-17(8-5-14)26-21(16-3-2-10-25-12-16)20(23(28)24(26)29)22(27)15-6-9-18-19(11-15)31-13-30-18/h2-12,21,27H,13H2,1H3/b22-20-. The molecule has 1 unspecified atom stereocenters. The average molecular weight is 414 g/mol. The quantitative estimate of drug-likeness (QED) is 0.399. The molecule has 0 aliphatic carbocycles. The molecular formula is C24H18N2O5. The predicted octanol–water partition coefficient (Wildman–Crippen LogP) is 3.75. The molecule has 1 N–H and O–H groups in total. The Hall–Kier alpha value is -4.13. The lowest BCUT2D eigenvalue weighted by molar-refractivity contribution is -0.132. The average Bonchev–Trinajstić information content (AvgIpc) is 3.37. The number of aliphatic hydroxyl groups excluding tert-OH is 1. The van der Waals surface area contributed by atoms with Gasteiger partial charge in [-0.25, -0.2) is 0 Å². The van der Waals surface area contributed by atoms with Crippen LogP contribution in [0.15, 0.2) is 72.6 Å². The summed E-state index contributed by atoms with van der Waals surface area (Å²) in [6.07, 6.45) is 3.20. The van der Waals surface area contributed by atoms with Crippen LogP contribution in [-0.2, 0) is 9.59 Å². The van der Waals surface area contributed by atoms with Crippen LogP contribution in [0.3, 0.4) is 0 Å². The third kappa shape index (κ3) is 3.11. The van der Waals surface area contributed by atoms with Crippen molar-refractivity contribution in [3.63, 3.8) is 0 Å². The molecule has 0 spiro atoms. The Labute approximate surface area is 178 Å². The van der Waals surface area contributed by atoms with Gasteiger partial charge in [0.25, 0.3) is 11.7 Å². The highest BCUT2D eigenvalue weighted by Gasteiger charge is 2.47. The second kappa shape index (κ2) is 7.28. The number of fused-ring (bicyclic) bond motifs is 1. The van der Waals surface area contributed by atoms with Crippen molar-refractivity contribution < 1.29 is 24.2 Å². The maximum atomic E-state index is 13.1. The van der Waals surface area contributed by atoms with Gasteiger partial charge in [0.2, 0.25) is 6.79 Å². The fourth-order valence-electron chi connectivity index (χ4n) is 3.86. The summed E-state index contributed by atoms with van der Waals surface area (Å²) < 4.78 is 10.7. The third-order valence-electron chi connectivity index (χ3n) is 5.40. The van der Waals surface area contributed by atoms with E-state index >= 15 is 0 Å². The first-order valence-electron chi connectivity index (χ1n) is 9.72. The number of hydrogen-bond acceptors (Lipinski definition) is 6. The molecule has 0 radical (unpaired) electrons. The van der Waals surface area contributed by atoms with Crippen LogP contribution in [0.5, 0.6) is 11.5 Å². The van der Waals surface area contributed by atoms with Gasteiger partial charge < -0.3 is 14.6 Å². The normalized spacial score (nSPS) is 19.1. The molecule has 3 aromatic rings. The SMILES string of the molecule is Cc1ccc(N2C(=O)C(=O)/C(=C(\O)c3ccc4c(c3)OCO4)C2c2cccnc2)cc1. The number of carbonyl (C=O) groups is 2. The molecule has 2 aromatic carbocycles. The van der Waals surface area contributed by atoms with E-state index in [2.05, 4.69) is 4.98 Å². The van der Waals surface area contributed by atoms with E-state index in [9.17, 15) is 14.7 Å². The molecule has 2 aliphatic heterocycles. The second-order valence-electron chi connectivity index (χ2n) is 7.36. The van der Waals surface area contributed by atoms with Crippen molar-refractivity contribution in [1.29, 1.82) is 0 Å². The molecule has 1 aromatic heterocycles. The van der Waals surface area contributed by atoms with E-state index in [0.717, 1.165) is 5.56 Å². The fourth-order valence-corrected chi connectivity index (χ4v) is 3.86. The Balaban J connectivity index is 1.69. The Morgan fingerprint density at radius 3 is 2.58 bits per heavy atom. The molecule has 0 bridgehead atoms. The summed E-state index contributed by atoms with van der Waals surface area (Å²) in [5.41, 5.74) is 2.56. The number of benzene rings is 2. The number of hydrogen-bond donors (Lipinski definition) is 1. The summed E-state index contributed by atoms with van der Waals surface area (Å²) in [4.78, 5) is 31.7. The molecule has 7 nitrogen and oxygen atoms in total. The zero-order valence-electron chi connectivity index (χ0n) is 16.6. The predicted molar refractivity (Wildman–Crippen MR) is 113 cm³/mol. The van der Waals surface area contributed by atoms with Gasteiger partial charge in [-0.1, -0.05) is 23.8 Å². The first-order valence-corrected chi connectivity index (χ1v) is 9.72. The number of Topliss-reactive ketones (excluding diaryl/α,β-unsaturated/α-hetero) is 1. The smallest absolute Gasteiger partial charge is 0.300 e. The molecule has 3 heterocycles. The molecule has 7 heteroatoms. The lowest BCUT2D eigenvalue weighted by Crippen LogP contribution is -2.29. The Bertz CT molecular complexity index is 1220. The number of aromatic nitrogens is 1. The number of pyridine rings is 1. The van der Waals surface area contributed by atoms with Gasteiger partial charge >= 0.3 is 0 Å². The number of ether oxygens (including phenoxy) is 2. The lowest BCUT2D eigenvalue weighted by atomic mass is 9.96. The van der Waals surface area contributed by atoms with Crippen LogP contribution in [0, 0.1) is 6.92 Å². The van der Waals surface area contributed by atoms with Crippen LogP contribution < -0.4 is 14.4 Å². The van der Waals surface area contributed by atoms with E-state index in [4.69, 9.17) is 9.47 Å². The van der Waals surface area contributed by atoms with Gasteiger partial charge in [-0.3, -0.25) is 19.5 Å². The van der Waals surface area contributed by atoms with Gasteiger partial charge in [0, 0.05) is 23.6 Å². The van der Waals surface area contributed by atoms with Gasteiger partial charge in [0.05, 0.1) is 11.6 Å². The summed E-state index contributed by atoms with van der Waals surface area (Å²) in [6, 6.07) is 14.9. The first-order chi connectivity index (χ1) is 15.0. The van der Waals surface area contributed by atoms with Gasteiger partial charge in [-0.15, -0.1) is 0 Å². The minimum atomic E-state index is -0.818. The van der Waals surface area contributed by atoms with Crippen LogP contribution >= 0.6 is 0 Å². The second-order valence-corrected chi connectivity index (χ2v) is 7.36. The number of rotatable bonds is 3. The van der Waals surface area contributed by atoms with E-state index < -0.39 is 17.7 Å². The Morgan fingerprint density at radius 1 is 1.06 bits per heavy atom. The Kier molecular flexibility index (Phi) is 4.43. The molecule has 1 fully saturated rings. The summed E-state index contributed by atoms with van der Waals surface area (Å²) in [6.45, 7) is 2.03. The Morgan fingerprint density at radius 2 is 1.84 bits per heavy atom. The number of ketones is 1. The highest BCUT2D eigenvalue weighted by atomic mass is 16.7. The molecule has 2 aliphatic rings. The van der Waals surface area contributed by atoms with Crippen molar-refractivity contribution in [2.75, 3.05) is 11.7 Å². The number of aryl methyl sites for hydroxylation is 1. The monoisotopic (exact) mass is 414 g/mol. The van der Waals surface area contributed by atoms with Gasteiger partial charge in [0.15, 0.2) is 11.5 Å². The fraction of sp³-hybridized carbons (Fsp3) is 0.125. The van der Waals surface area contributed by atoms with Gasteiger partial charge in [-0.2, -0.15) is 0 Å². The van der Waals surface area contributed by atoms with Crippen LogP contribution in [0.25, 0.3) is 5.76 Å². The van der Waals surface area contributed by atoms with E-state index in [1.165, 1.54) is 4.90 Å². The van der Waals surface area contributed by atoms with E-state index in [0.29, 0.717) is 28.3 Å². The van der Waals surface area contributed by atoms with Gasteiger partial charge in [0.1, 0.15) is 5.76 Å². The molecule has 0 saturated carbocycles. The molecule has 1 amide bonds. The van der Waals surface area contributed by atoms with Crippen molar-refractivity contribution in [3.05, 3.63) is 89.3 Å². The molecule has 5 rings (SSSR count). The number of nitrogens with zero attached hydrogens (tertiary/aromatic N) is 2.